The van der Waals surface area contributed by atoms with Gasteiger partial charge in [0.2, 0.25) is 0 Å². The van der Waals surface area contributed by atoms with Gasteiger partial charge in [-0.05, 0) is 23.4 Å². The second kappa shape index (κ2) is 3.05. The third-order valence-electron chi connectivity index (χ3n) is 1.97. The molecule has 1 amide bonds. The quantitative estimate of drug-likeness (QED) is 0.728. The van der Waals surface area contributed by atoms with Crippen LogP contribution in [-0.2, 0) is 9.53 Å². The van der Waals surface area contributed by atoms with Crippen molar-refractivity contribution < 1.29 is 18.3 Å². The maximum atomic E-state index is 12.8. The van der Waals surface area contributed by atoms with Crippen molar-refractivity contribution in [2.75, 3.05) is 0 Å². The summed E-state index contributed by atoms with van der Waals surface area (Å²) in [5, 5.41) is 2.13. The van der Waals surface area contributed by atoms with Crippen LogP contribution in [0.5, 0.6) is 0 Å². The Balaban J connectivity index is 2.34. The Bertz CT molecular complexity index is 362. The van der Waals surface area contributed by atoms with E-state index in [4.69, 9.17) is 0 Å². The highest BCUT2D eigenvalue weighted by atomic mass is 79.9. The van der Waals surface area contributed by atoms with E-state index in [1.807, 2.05) is 0 Å². The summed E-state index contributed by atoms with van der Waals surface area (Å²) >= 11 is 3.19. The molecule has 0 radical (unpaired) electrons. The van der Waals surface area contributed by atoms with E-state index in [-0.39, 0.29) is 5.76 Å². The molecular weight excluding hydrogens is 260 g/mol. The van der Waals surface area contributed by atoms with Crippen molar-refractivity contribution in [2.45, 2.75) is 19.0 Å². The van der Waals surface area contributed by atoms with Gasteiger partial charge in [-0.1, -0.05) is 15.9 Å². The minimum absolute atomic E-state index is 0.0349. The Labute approximate surface area is 86.9 Å². The summed E-state index contributed by atoms with van der Waals surface area (Å²) in [6.45, 7) is 0. The van der Waals surface area contributed by atoms with E-state index in [1.54, 1.807) is 0 Å². The number of rotatable bonds is 0. The lowest BCUT2D eigenvalue weighted by Crippen LogP contribution is -2.46. The molecule has 1 N–H and O–H groups in total. The summed E-state index contributed by atoms with van der Waals surface area (Å²) in [6, 6.07) is 0. The van der Waals surface area contributed by atoms with E-state index in [1.165, 1.54) is 6.08 Å². The Morgan fingerprint density at radius 3 is 2.93 bits per heavy atom. The number of hydrogen-bond acceptors (Lipinski definition) is 2. The molecule has 6 heteroatoms. The van der Waals surface area contributed by atoms with Gasteiger partial charge in [0, 0.05) is 0 Å². The van der Waals surface area contributed by atoms with Crippen LogP contribution in [0.1, 0.15) is 12.8 Å². The molecule has 2 aliphatic rings. The molecule has 0 atom stereocenters. The van der Waals surface area contributed by atoms with Crippen LogP contribution >= 0.6 is 15.9 Å². The zero-order chi connectivity index (χ0) is 10.3. The third kappa shape index (κ3) is 1.54. The minimum Gasteiger partial charge on any atom is -0.423 e. The third-order valence-corrected chi connectivity index (χ3v) is 2.59. The smallest absolute Gasteiger partial charge is 0.423 e. The predicted octanol–water partition coefficient (Wildman–Crippen LogP) is 2.01. The lowest BCUT2D eigenvalue weighted by molar-refractivity contribution is -0.217. The van der Waals surface area contributed by atoms with Gasteiger partial charge in [0.05, 0.1) is 5.70 Å². The van der Waals surface area contributed by atoms with Crippen molar-refractivity contribution in [2.24, 2.45) is 0 Å². The number of carbonyl (C=O) groups is 1. The molecule has 0 saturated carbocycles. The zero-order valence-corrected chi connectivity index (χ0v) is 8.53. The van der Waals surface area contributed by atoms with Crippen LogP contribution in [0.15, 0.2) is 22.0 Å². The van der Waals surface area contributed by atoms with Crippen molar-refractivity contribution in [3.05, 3.63) is 22.0 Å². The standard InChI is InChI=1S/C8H6BrF2NO2/c9-4-1-2-5-6(3-4)14-8(10,11)7(13)12-5/h3H,1-2H2,(H,12,13). The van der Waals surface area contributed by atoms with Gasteiger partial charge in [0.1, 0.15) is 5.76 Å². The van der Waals surface area contributed by atoms with Gasteiger partial charge in [-0.15, -0.1) is 0 Å². The minimum atomic E-state index is -3.76. The number of carbonyl (C=O) groups excluding carboxylic acids is 1. The van der Waals surface area contributed by atoms with Gasteiger partial charge in [-0.2, -0.15) is 8.78 Å². The fraction of sp³-hybridized carbons (Fsp3) is 0.375. The van der Waals surface area contributed by atoms with E-state index >= 15 is 0 Å². The van der Waals surface area contributed by atoms with Gasteiger partial charge >= 0.3 is 12.0 Å². The number of hydrogen-bond donors (Lipinski definition) is 1. The molecule has 1 aliphatic heterocycles. The zero-order valence-electron chi connectivity index (χ0n) is 6.94. The lowest BCUT2D eigenvalue weighted by Gasteiger charge is -2.28. The van der Waals surface area contributed by atoms with E-state index in [2.05, 4.69) is 26.0 Å². The summed E-state index contributed by atoms with van der Waals surface area (Å²) in [5.74, 6) is -1.37. The number of nitrogens with one attached hydrogen (secondary N) is 1. The number of alkyl halides is 2. The Kier molecular flexibility index (Phi) is 2.10. The molecule has 0 unspecified atom stereocenters. The Morgan fingerprint density at radius 1 is 1.50 bits per heavy atom. The van der Waals surface area contributed by atoms with Gasteiger partial charge in [0.25, 0.3) is 0 Å². The van der Waals surface area contributed by atoms with Gasteiger partial charge < -0.3 is 10.1 Å². The van der Waals surface area contributed by atoms with Gasteiger partial charge in [0.15, 0.2) is 0 Å². The highest BCUT2D eigenvalue weighted by molar-refractivity contribution is 9.11. The molecule has 14 heavy (non-hydrogen) atoms. The monoisotopic (exact) mass is 265 g/mol. The van der Waals surface area contributed by atoms with E-state index in [9.17, 15) is 13.6 Å². The molecule has 2 rings (SSSR count). The average molecular weight is 266 g/mol. The Hall–Kier alpha value is -0.910. The summed E-state index contributed by atoms with van der Waals surface area (Å²) in [7, 11) is 0. The number of ether oxygens (including phenoxy) is 1. The van der Waals surface area contributed by atoms with Crippen molar-refractivity contribution in [1.29, 1.82) is 0 Å². The van der Waals surface area contributed by atoms with Crippen LogP contribution in [0.25, 0.3) is 0 Å². The first-order valence-electron chi connectivity index (χ1n) is 3.96. The normalized spacial score (nSPS) is 24.8. The molecule has 3 nitrogen and oxygen atoms in total. The van der Waals surface area contributed by atoms with Crippen molar-refractivity contribution in [3.8, 4) is 0 Å². The van der Waals surface area contributed by atoms with Crippen molar-refractivity contribution in [1.82, 2.24) is 5.32 Å². The first-order chi connectivity index (χ1) is 6.49. The topological polar surface area (TPSA) is 38.3 Å². The number of allylic oxidation sites excluding steroid dienone is 3. The van der Waals surface area contributed by atoms with Crippen LogP contribution in [0.3, 0.4) is 0 Å². The molecule has 0 bridgehead atoms. The highest BCUT2D eigenvalue weighted by Crippen LogP contribution is 2.34. The Morgan fingerprint density at radius 2 is 2.21 bits per heavy atom. The molecule has 1 heterocycles. The van der Waals surface area contributed by atoms with Gasteiger partial charge in [-0.3, -0.25) is 4.79 Å². The van der Waals surface area contributed by atoms with E-state index in [0.29, 0.717) is 18.5 Å². The first kappa shape index (κ1) is 9.64. The SMILES string of the molecule is O=C1NC2=C(C=C(Br)CC2)OC1(F)F. The molecule has 0 saturated heterocycles. The summed E-state index contributed by atoms with van der Waals surface area (Å²) in [5.41, 5.74) is 0.420. The second-order valence-electron chi connectivity index (χ2n) is 3.01. The van der Waals surface area contributed by atoms with E-state index < -0.39 is 12.0 Å². The molecule has 0 aromatic heterocycles. The van der Waals surface area contributed by atoms with Crippen LogP contribution in [0.4, 0.5) is 8.78 Å². The highest BCUT2D eigenvalue weighted by Gasteiger charge is 2.47. The second-order valence-corrected chi connectivity index (χ2v) is 4.03. The van der Waals surface area contributed by atoms with Crippen LogP contribution in [0.2, 0.25) is 0 Å². The molecule has 0 fully saturated rings. The van der Waals surface area contributed by atoms with Crippen LogP contribution < -0.4 is 5.32 Å². The summed E-state index contributed by atoms with van der Waals surface area (Å²) < 4.78 is 30.6. The van der Waals surface area contributed by atoms with Gasteiger partial charge in [-0.25, -0.2) is 0 Å². The first-order valence-corrected chi connectivity index (χ1v) is 4.76. The molecule has 0 aromatic rings. The molecule has 0 aromatic carbocycles. The van der Waals surface area contributed by atoms with Crippen molar-refractivity contribution >= 4 is 21.8 Å². The van der Waals surface area contributed by atoms with E-state index in [0.717, 1.165) is 4.48 Å². The fourth-order valence-electron chi connectivity index (χ4n) is 1.28. The molecule has 76 valence electrons. The maximum absolute atomic E-state index is 12.8. The van der Waals surface area contributed by atoms with Crippen molar-refractivity contribution in [3.63, 3.8) is 0 Å². The average Bonchev–Trinajstić information content (AvgIpc) is 2.07. The summed E-state index contributed by atoms with van der Waals surface area (Å²) in [6.07, 6.45) is -1.14. The maximum Gasteiger partial charge on any atom is 0.482 e. The van der Waals surface area contributed by atoms with Crippen LogP contribution in [0, 0.1) is 0 Å². The predicted molar refractivity (Wildman–Crippen MR) is 47.4 cm³/mol. The molecule has 1 aliphatic carbocycles. The fourth-order valence-corrected chi connectivity index (χ4v) is 1.68. The number of amides is 1. The number of halogens is 3. The lowest BCUT2D eigenvalue weighted by atomic mass is 10.1. The van der Waals surface area contributed by atoms with Crippen LogP contribution in [-0.4, -0.2) is 12.0 Å². The summed E-state index contributed by atoms with van der Waals surface area (Å²) in [4.78, 5) is 10.8. The molecular formula is C8H6BrF2NO2. The molecule has 0 spiro atoms. The largest absolute Gasteiger partial charge is 0.482 e.